The molecule has 0 bridgehead atoms. The molecule has 0 N–H and O–H groups in total. The van der Waals surface area contributed by atoms with Gasteiger partial charge in [0.15, 0.2) is 5.82 Å². The number of hydrogen-bond acceptors (Lipinski definition) is 1. The molecule has 16 heavy (non-hydrogen) atoms. The van der Waals surface area contributed by atoms with Crippen LogP contribution >= 0.6 is 15.9 Å². The third kappa shape index (κ3) is 2.66. The van der Waals surface area contributed by atoms with Gasteiger partial charge in [-0.05, 0) is 6.07 Å². The Labute approximate surface area is 94.6 Å². The average molecular weight is 308 g/mol. The first-order valence-electron chi connectivity index (χ1n) is 3.88. The Hall–Kier alpha value is -0.790. The van der Waals surface area contributed by atoms with E-state index in [0.717, 1.165) is 0 Å². The Bertz CT molecular complexity index is 389. The molecule has 0 saturated heterocycles. The molecule has 0 spiro atoms. The summed E-state index contributed by atoms with van der Waals surface area (Å²) in [5.74, 6) is -1.66. The summed E-state index contributed by atoms with van der Waals surface area (Å²) in [6.07, 6.45) is -8.07. The molecule has 0 aromatic carbocycles. The van der Waals surface area contributed by atoms with Crippen LogP contribution in [0.3, 0.4) is 0 Å². The first-order chi connectivity index (χ1) is 7.27. The first kappa shape index (κ1) is 13.3. The molecule has 0 amide bonds. The van der Waals surface area contributed by atoms with Gasteiger partial charge in [-0.25, -0.2) is 18.2 Å². The molecular weight excluding hydrogens is 304 g/mol. The van der Waals surface area contributed by atoms with Crippen molar-refractivity contribution in [3.8, 4) is 0 Å². The summed E-state index contributed by atoms with van der Waals surface area (Å²) in [5.41, 5.74) is -3.29. The highest BCUT2D eigenvalue weighted by Gasteiger charge is 2.35. The molecule has 0 radical (unpaired) electrons. The zero-order chi connectivity index (χ0) is 12.5. The van der Waals surface area contributed by atoms with Crippen molar-refractivity contribution in [1.29, 1.82) is 0 Å². The van der Waals surface area contributed by atoms with E-state index in [9.17, 15) is 26.3 Å². The molecule has 8 heteroatoms. The van der Waals surface area contributed by atoms with Gasteiger partial charge in [0.05, 0.1) is 11.3 Å². The minimum atomic E-state index is -4.82. The summed E-state index contributed by atoms with van der Waals surface area (Å²) in [5, 5.41) is -0.387. The maximum atomic E-state index is 12.9. The average Bonchev–Trinajstić information content (AvgIpc) is 2.15. The molecule has 1 aromatic heterocycles. The Morgan fingerprint density at radius 2 is 1.88 bits per heavy atom. The van der Waals surface area contributed by atoms with Crippen LogP contribution in [0, 0.1) is 5.82 Å². The van der Waals surface area contributed by atoms with E-state index in [1.165, 1.54) is 0 Å². The Balaban J connectivity index is 3.38. The van der Waals surface area contributed by atoms with E-state index in [0.29, 0.717) is 0 Å². The second-order valence-electron chi connectivity index (χ2n) is 2.78. The maximum Gasteiger partial charge on any atom is 0.418 e. The van der Waals surface area contributed by atoms with Gasteiger partial charge in [0.25, 0.3) is 6.43 Å². The molecule has 0 aliphatic heterocycles. The number of rotatable bonds is 2. The lowest BCUT2D eigenvalue weighted by Crippen LogP contribution is -2.13. The highest BCUT2D eigenvalue weighted by Crippen LogP contribution is 2.34. The SMILES string of the molecule is Fc1cc(C(F)(F)F)c(CBr)nc1C(F)F. The Morgan fingerprint density at radius 3 is 2.25 bits per heavy atom. The molecule has 1 aromatic rings. The van der Waals surface area contributed by atoms with Gasteiger partial charge in [-0.1, -0.05) is 15.9 Å². The van der Waals surface area contributed by atoms with Crippen molar-refractivity contribution < 1.29 is 26.3 Å². The van der Waals surface area contributed by atoms with Crippen LogP contribution in [0.15, 0.2) is 6.07 Å². The van der Waals surface area contributed by atoms with Crippen molar-refractivity contribution in [3.05, 3.63) is 28.8 Å². The molecule has 0 aliphatic carbocycles. The lowest BCUT2D eigenvalue weighted by Gasteiger charge is -2.12. The van der Waals surface area contributed by atoms with Crippen molar-refractivity contribution >= 4 is 15.9 Å². The van der Waals surface area contributed by atoms with E-state index < -0.39 is 35.4 Å². The molecule has 1 heterocycles. The van der Waals surface area contributed by atoms with Gasteiger partial charge in [-0.15, -0.1) is 0 Å². The van der Waals surface area contributed by atoms with Gasteiger partial charge in [-0.3, -0.25) is 0 Å². The zero-order valence-electron chi connectivity index (χ0n) is 7.45. The summed E-state index contributed by atoms with van der Waals surface area (Å²) in [7, 11) is 0. The van der Waals surface area contributed by atoms with Crippen LogP contribution < -0.4 is 0 Å². The van der Waals surface area contributed by atoms with Crippen LogP contribution in [0.25, 0.3) is 0 Å². The van der Waals surface area contributed by atoms with E-state index in [1.807, 2.05) is 0 Å². The third-order valence-corrected chi connectivity index (χ3v) is 2.25. The Morgan fingerprint density at radius 1 is 1.31 bits per heavy atom. The van der Waals surface area contributed by atoms with Crippen LogP contribution in [-0.4, -0.2) is 4.98 Å². The van der Waals surface area contributed by atoms with Crippen molar-refractivity contribution in [2.75, 3.05) is 0 Å². The van der Waals surface area contributed by atoms with Gasteiger partial charge in [0, 0.05) is 5.33 Å². The van der Waals surface area contributed by atoms with E-state index in [-0.39, 0.29) is 11.4 Å². The molecule has 0 aliphatic rings. The predicted octanol–water partition coefficient (Wildman–Crippen LogP) is 4.07. The molecule has 1 rings (SSSR count). The molecule has 1 nitrogen and oxygen atoms in total. The quantitative estimate of drug-likeness (QED) is 0.593. The van der Waals surface area contributed by atoms with Crippen LogP contribution in [0.4, 0.5) is 26.3 Å². The molecule has 0 saturated carbocycles. The predicted molar refractivity (Wildman–Crippen MR) is 46.8 cm³/mol. The molecule has 0 atom stereocenters. The topological polar surface area (TPSA) is 12.9 Å². The number of halogens is 7. The van der Waals surface area contributed by atoms with Gasteiger partial charge in [0.2, 0.25) is 0 Å². The van der Waals surface area contributed by atoms with Crippen LogP contribution in [0.1, 0.15) is 23.4 Å². The Kier molecular flexibility index (Phi) is 3.82. The third-order valence-electron chi connectivity index (χ3n) is 1.72. The summed E-state index contributed by atoms with van der Waals surface area (Å²) < 4.78 is 74.2. The van der Waals surface area contributed by atoms with Gasteiger partial charge >= 0.3 is 6.18 Å². The fourth-order valence-electron chi connectivity index (χ4n) is 1.04. The molecule has 0 fully saturated rings. The van der Waals surface area contributed by atoms with Gasteiger partial charge in [-0.2, -0.15) is 13.2 Å². The molecule has 90 valence electrons. The summed E-state index contributed by atoms with van der Waals surface area (Å²) in [4.78, 5) is 2.96. The minimum Gasteiger partial charge on any atom is -0.247 e. The van der Waals surface area contributed by atoms with Crippen molar-refractivity contribution in [2.45, 2.75) is 17.9 Å². The standard InChI is InChI=1S/C8H4BrF6N/c9-2-5-3(8(13,14)15)1-4(10)6(16-5)7(11)12/h1,7H,2H2. The highest BCUT2D eigenvalue weighted by molar-refractivity contribution is 9.08. The second-order valence-corrected chi connectivity index (χ2v) is 3.34. The van der Waals surface area contributed by atoms with Crippen molar-refractivity contribution in [1.82, 2.24) is 4.98 Å². The fourth-order valence-corrected chi connectivity index (χ4v) is 1.47. The number of nitrogens with zero attached hydrogens (tertiary/aromatic N) is 1. The first-order valence-corrected chi connectivity index (χ1v) is 5.00. The zero-order valence-corrected chi connectivity index (χ0v) is 9.04. The van der Waals surface area contributed by atoms with Crippen LogP contribution in [-0.2, 0) is 11.5 Å². The van der Waals surface area contributed by atoms with E-state index >= 15 is 0 Å². The monoisotopic (exact) mass is 307 g/mol. The summed E-state index contributed by atoms with van der Waals surface area (Å²) in [6, 6.07) is 0.0328. The second kappa shape index (κ2) is 4.60. The van der Waals surface area contributed by atoms with Crippen LogP contribution in [0.2, 0.25) is 0 Å². The lowest BCUT2D eigenvalue weighted by atomic mass is 10.1. The molecule has 0 unspecified atom stereocenters. The maximum absolute atomic E-state index is 12.9. The summed E-state index contributed by atoms with van der Waals surface area (Å²) in [6.45, 7) is 0. The number of pyridine rings is 1. The number of hydrogen-bond donors (Lipinski definition) is 0. The van der Waals surface area contributed by atoms with Gasteiger partial charge in [0.1, 0.15) is 5.69 Å². The normalized spacial score (nSPS) is 12.2. The van der Waals surface area contributed by atoms with Crippen LogP contribution in [0.5, 0.6) is 0 Å². The van der Waals surface area contributed by atoms with Crippen molar-refractivity contribution in [3.63, 3.8) is 0 Å². The lowest BCUT2D eigenvalue weighted by molar-refractivity contribution is -0.138. The van der Waals surface area contributed by atoms with E-state index in [1.54, 1.807) is 0 Å². The highest BCUT2D eigenvalue weighted by atomic mass is 79.9. The fraction of sp³-hybridized carbons (Fsp3) is 0.375. The van der Waals surface area contributed by atoms with Crippen molar-refractivity contribution in [2.24, 2.45) is 0 Å². The smallest absolute Gasteiger partial charge is 0.247 e. The molecular formula is C8H4BrF6N. The summed E-state index contributed by atoms with van der Waals surface area (Å²) >= 11 is 2.68. The number of aromatic nitrogens is 1. The largest absolute Gasteiger partial charge is 0.418 e. The van der Waals surface area contributed by atoms with E-state index in [2.05, 4.69) is 20.9 Å². The minimum absolute atomic E-state index is 0.0328. The number of alkyl halides is 6. The van der Waals surface area contributed by atoms with E-state index in [4.69, 9.17) is 0 Å². The van der Waals surface area contributed by atoms with Gasteiger partial charge < -0.3 is 0 Å².